The first-order chi connectivity index (χ1) is 13.0. The highest BCUT2D eigenvalue weighted by Crippen LogP contribution is 2.24. The monoisotopic (exact) mass is 401 g/mol. The number of nitrogens with zero attached hydrogens (tertiary/aromatic N) is 2. The molecule has 0 fully saturated rings. The lowest BCUT2D eigenvalue weighted by Crippen LogP contribution is -2.23. The van der Waals surface area contributed by atoms with Crippen LogP contribution in [0.4, 0.5) is 0 Å². The van der Waals surface area contributed by atoms with Crippen LogP contribution in [0.15, 0.2) is 63.3 Å². The van der Waals surface area contributed by atoms with Crippen LogP contribution < -0.4 is 9.46 Å². The Hall–Kier alpha value is -2.75. The lowest BCUT2D eigenvalue weighted by Gasteiger charge is -2.07. The fraction of sp³-hybridized carbons (Fsp3) is 0.111. The summed E-state index contributed by atoms with van der Waals surface area (Å²) in [6.45, 7) is -0.0820. The molecule has 27 heavy (non-hydrogen) atoms. The number of thiophene rings is 1. The van der Waals surface area contributed by atoms with Crippen molar-refractivity contribution in [3.05, 3.63) is 59.8 Å². The van der Waals surface area contributed by atoms with Crippen molar-refractivity contribution in [1.82, 2.24) is 14.9 Å². The summed E-state index contributed by atoms with van der Waals surface area (Å²) in [7, 11) is -2.13. The molecule has 2 aromatic heterocycles. The number of rotatable bonds is 6. The predicted octanol–water partition coefficient (Wildman–Crippen LogP) is 3.44. The minimum Gasteiger partial charge on any atom is -0.497 e. The zero-order valence-electron chi connectivity index (χ0n) is 14.2. The van der Waals surface area contributed by atoms with Gasteiger partial charge in [-0.1, -0.05) is 23.4 Å². The van der Waals surface area contributed by atoms with Gasteiger partial charge in [-0.25, -0.2) is 13.1 Å². The summed E-state index contributed by atoms with van der Waals surface area (Å²) < 4.78 is 38.0. The van der Waals surface area contributed by atoms with Crippen molar-refractivity contribution < 1.29 is 17.7 Å². The van der Waals surface area contributed by atoms with Gasteiger partial charge in [-0.05, 0) is 46.5 Å². The topological polar surface area (TPSA) is 94.3 Å². The average Bonchev–Trinajstić information content (AvgIpc) is 3.37. The van der Waals surface area contributed by atoms with E-state index in [-0.39, 0.29) is 17.3 Å². The average molecular weight is 401 g/mol. The molecule has 0 aliphatic heterocycles. The van der Waals surface area contributed by atoms with Gasteiger partial charge in [0.1, 0.15) is 5.75 Å². The summed E-state index contributed by atoms with van der Waals surface area (Å²) in [5, 5.41) is 7.47. The summed E-state index contributed by atoms with van der Waals surface area (Å²) in [5.41, 5.74) is 0. The van der Waals surface area contributed by atoms with Gasteiger partial charge in [0, 0.05) is 0 Å². The number of fused-ring (bicyclic) bond motifs is 1. The van der Waals surface area contributed by atoms with E-state index in [0.717, 1.165) is 15.6 Å². The molecule has 0 aliphatic rings. The summed E-state index contributed by atoms with van der Waals surface area (Å²) in [5.74, 6) is 1.36. The molecular weight excluding hydrogens is 386 g/mol. The molecule has 0 atom stereocenters. The van der Waals surface area contributed by atoms with Crippen LogP contribution in [0.5, 0.6) is 5.75 Å². The lowest BCUT2D eigenvalue weighted by molar-refractivity contribution is 0.376. The molecule has 0 radical (unpaired) electrons. The van der Waals surface area contributed by atoms with Gasteiger partial charge in [0.15, 0.2) is 0 Å². The maximum Gasteiger partial charge on any atom is 0.242 e. The highest BCUT2D eigenvalue weighted by molar-refractivity contribution is 7.89. The molecule has 0 amide bonds. The van der Waals surface area contributed by atoms with Crippen LogP contribution in [0.2, 0.25) is 0 Å². The normalized spacial score (nSPS) is 11.7. The van der Waals surface area contributed by atoms with Gasteiger partial charge in [-0.2, -0.15) is 4.98 Å². The number of methoxy groups -OCH3 is 1. The van der Waals surface area contributed by atoms with Gasteiger partial charge in [-0.15, -0.1) is 11.3 Å². The summed E-state index contributed by atoms with van der Waals surface area (Å²) >= 11 is 1.48. The van der Waals surface area contributed by atoms with Crippen molar-refractivity contribution in [1.29, 1.82) is 0 Å². The molecule has 1 N–H and O–H groups in total. The van der Waals surface area contributed by atoms with Crippen molar-refractivity contribution in [2.24, 2.45) is 0 Å². The Labute approximate surface area is 159 Å². The van der Waals surface area contributed by atoms with E-state index in [4.69, 9.17) is 9.26 Å². The van der Waals surface area contributed by atoms with Gasteiger partial charge >= 0.3 is 0 Å². The van der Waals surface area contributed by atoms with Crippen molar-refractivity contribution in [3.63, 3.8) is 0 Å². The molecule has 9 heteroatoms. The minimum atomic E-state index is -3.72. The van der Waals surface area contributed by atoms with Crippen LogP contribution in [0.1, 0.15) is 5.89 Å². The second-order valence-electron chi connectivity index (χ2n) is 5.69. The zero-order valence-corrected chi connectivity index (χ0v) is 15.9. The Balaban J connectivity index is 1.52. The first-order valence-electron chi connectivity index (χ1n) is 7.99. The van der Waals surface area contributed by atoms with Gasteiger partial charge in [0.2, 0.25) is 21.7 Å². The molecule has 4 aromatic rings. The number of benzene rings is 2. The number of nitrogens with one attached hydrogen (secondary N) is 1. The van der Waals surface area contributed by atoms with Crippen molar-refractivity contribution >= 4 is 32.1 Å². The second kappa shape index (κ2) is 7.10. The fourth-order valence-corrected chi connectivity index (χ4v) is 4.23. The van der Waals surface area contributed by atoms with Gasteiger partial charge < -0.3 is 9.26 Å². The molecule has 0 aliphatic carbocycles. The maximum absolute atomic E-state index is 12.6. The zero-order chi connectivity index (χ0) is 18.9. The van der Waals surface area contributed by atoms with Crippen LogP contribution in [0, 0.1) is 0 Å². The van der Waals surface area contributed by atoms with E-state index in [1.807, 2.05) is 29.6 Å². The number of aromatic nitrogens is 2. The number of hydrogen-bond donors (Lipinski definition) is 1. The van der Waals surface area contributed by atoms with E-state index >= 15 is 0 Å². The molecule has 0 spiro atoms. The Morgan fingerprint density at radius 1 is 1.15 bits per heavy atom. The Kier molecular flexibility index (Phi) is 4.65. The molecule has 2 heterocycles. The van der Waals surface area contributed by atoms with Crippen molar-refractivity contribution in [2.75, 3.05) is 7.11 Å². The molecule has 0 bridgehead atoms. The smallest absolute Gasteiger partial charge is 0.242 e. The Bertz CT molecular complexity index is 1180. The van der Waals surface area contributed by atoms with Crippen molar-refractivity contribution in [2.45, 2.75) is 11.4 Å². The van der Waals surface area contributed by atoms with Gasteiger partial charge in [-0.3, -0.25) is 0 Å². The van der Waals surface area contributed by atoms with Crippen LogP contribution in [-0.2, 0) is 16.6 Å². The lowest BCUT2D eigenvalue weighted by atomic mass is 10.1. The third-order valence-electron chi connectivity index (χ3n) is 3.95. The summed E-state index contributed by atoms with van der Waals surface area (Å²) in [6.07, 6.45) is 0. The summed E-state index contributed by atoms with van der Waals surface area (Å²) in [6, 6.07) is 14.1. The number of ether oxygens (including phenoxy) is 1. The Morgan fingerprint density at radius 2 is 1.96 bits per heavy atom. The highest BCUT2D eigenvalue weighted by Gasteiger charge is 2.17. The molecule has 4 rings (SSSR count). The van der Waals surface area contributed by atoms with Crippen LogP contribution >= 0.6 is 11.3 Å². The number of sulfonamides is 1. The third-order valence-corrected chi connectivity index (χ3v) is 6.22. The molecule has 7 nitrogen and oxygen atoms in total. The Morgan fingerprint density at radius 3 is 2.74 bits per heavy atom. The maximum atomic E-state index is 12.6. The second-order valence-corrected chi connectivity index (χ2v) is 8.40. The van der Waals surface area contributed by atoms with E-state index in [1.165, 1.54) is 11.3 Å². The van der Waals surface area contributed by atoms with Crippen LogP contribution in [0.3, 0.4) is 0 Å². The largest absolute Gasteiger partial charge is 0.497 e. The molecular formula is C18H15N3O4S2. The van der Waals surface area contributed by atoms with Crippen LogP contribution in [-0.4, -0.2) is 25.7 Å². The van der Waals surface area contributed by atoms with E-state index in [1.54, 1.807) is 31.4 Å². The summed E-state index contributed by atoms with van der Waals surface area (Å²) in [4.78, 5) is 5.23. The van der Waals surface area contributed by atoms with E-state index in [9.17, 15) is 8.42 Å². The third kappa shape index (κ3) is 3.70. The quantitative estimate of drug-likeness (QED) is 0.532. The standard InChI is InChI=1S/C18H15N3O4S2/c1-24-14-6-4-13-10-15(7-5-12(13)9-14)27(22,23)19-11-17-20-18(21-25-17)16-3-2-8-26-16/h2-10,19H,11H2,1H3. The predicted molar refractivity (Wildman–Crippen MR) is 102 cm³/mol. The molecule has 0 saturated heterocycles. The molecule has 2 aromatic carbocycles. The van der Waals surface area contributed by atoms with E-state index in [0.29, 0.717) is 11.6 Å². The number of hydrogen-bond acceptors (Lipinski definition) is 7. The fourth-order valence-electron chi connectivity index (χ4n) is 2.57. The first kappa shape index (κ1) is 17.7. The van der Waals surface area contributed by atoms with E-state index < -0.39 is 10.0 Å². The van der Waals surface area contributed by atoms with Gasteiger partial charge in [0.25, 0.3) is 0 Å². The van der Waals surface area contributed by atoms with Crippen LogP contribution in [0.25, 0.3) is 21.5 Å². The SMILES string of the molecule is COc1ccc2cc(S(=O)(=O)NCc3nc(-c4cccs4)no3)ccc2c1. The first-order valence-corrected chi connectivity index (χ1v) is 10.4. The molecule has 0 unspecified atom stereocenters. The highest BCUT2D eigenvalue weighted by atomic mass is 32.2. The van der Waals surface area contributed by atoms with Crippen molar-refractivity contribution in [3.8, 4) is 16.5 Å². The molecule has 0 saturated carbocycles. The minimum absolute atomic E-state index is 0.0820. The van der Waals surface area contributed by atoms with E-state index in [2.05, 4.69) is 14.9 Å². The van der Waals surface area contributed by atoms with Gasteiger partial charge in [0.05, 0.1) is 23.4 Å². The molecule has 138 valence electrons.